The van der Waals surface area contributed by atoms with E-state index in [-0.39, 0.29) is 0 Å². The average Bonchev–Trinajstić information content (AvgIpc) is 2.36. The number of nitrogens with two attached hydrogens (primary N) is 1. The molecule has 2 aromatic rings. The number of nitriles is 1. The molecule has 2 rings (SSSR count). The molecule has 0 amide bonds. The number of hydrogen-bond donors (Lipinski definition) is 2. The van der Waals surface area contributed by atoms with Crippen LogP contribution in [0.5, 0.6) is 0 Å². The number of hydrogen-bond acceptors (Lipinski definition) is 3. The highest BCUT2D eigenvalue weighted by Gasteiger charge is 2.03. The lowest BCUT2D eigenvalue weighted by atomic mass is 10.2. The van der Waals surface area contributed by atoms with E-state index in [0.717, 1.165) is 15.8 Å². The third kappa shape index (κ3) is 2.76. The van der Waals surface area contributed by atoms with Crippen molar-refractivity contribution in [1.82, 2.24) is 0 Å². The van der Waals surface area contributed by atoms with E-state index in [1.165, 1.54) is 0 Å². The smallest absolute Gasteiger partial charge is 0.0992 e. The predicted octanol–water partition coefficient (Wildman–Crippen LogP) is 4.30. The summed E-state index contributed by atoms with van der Waals surface area (Å²) in [5, 5.41) is 12.5. The third-order valence-electron chi connectivity index (χ3n) is 2.38. The molecule has 18 heavy (non-hydrogen) atoms. The van der Waals surface area contributed by atoms with Crippen LogP contribution in [0.4, 0.5) is 17.1 Å². The Labute approximate surface area is 118 Å². The zero-order valence-electron chi connectivity index (χ0n) is 9.24. The Kier molecular flexibility index (Phi) is 3.75. The first kappa shape index (κ1) is 12.7. The second-order valence-corrected chi connectivity index (χ2v) is 4.93. The van der Waals surface area contributed by atoms with E-state index in [0.29, 0.717) is 16.3 Å². The van der Waals surface area contributed by atoms with Crippen molar-refractivity contribution in [2.75, 3.05) is 11.1 Å². The van der Waals surface area contributed by atoms with Gasteiger partial charge in [0.1, 0.15) is 0 Å². The molecule has 0 saturated carbocycles. The van der Waals surface area contributed by atoms with Gasteiger partial charge in [0.15, 0.2) is 0 Å². The van der Waals surface area contributed by atoms with Crippen molar-refractivity contribution in [3.05, 3.63) is 51.5 Å². The van der Waals surface area contributed by atoms with Crippen molar-refractivity contribution in [2.45, 2.75) is 0 Å². The minimum Gasteiger partial charge on any atom is -0.397 e. The highest BCUT2D eigenvalue weighted by molar-refractivity contribution is 9.10. The topological polar surface area (TPSA) is 61.8 Å². The Balaban J connectivity index is 2.29. The fraction of sp³-hybridized carbons (Fsp3) is 0. The van der Waals surface area contributed by atoms with E-state index >= 15 is 0 Å². The third-order valence-corrected chi connectivity index (χ3v) is 3.61. The number of nitrogens with one attached hydrogen (secondary N) is 1. The molecular formula is C13H9BrClN3. The summed E-state index contributed by atoms with van der Waals surface area (Å²) >= 11 is 9.33. The summed E-state index contributed by atoms with van der Waals surface area (Å²) in [6, 6.07) is 12.7. The van der Waals surface area contributed by atoms with Crippen LogP contribution >= 0.6 is 27.5 Å². The van der Waals surface area contributed by atoms with Crippen LogP contribution < -0.4 is 11.1 Å². The molecular weight excluding hydrogens is 314 g/mol. The molecule has 0 aromatic heterocycles. The molecule has 0 saturated heterocycles. The van der Waals surface area contributed by atoms with Crippen molar-refractivity contribution < 1.29 is 0 Å². The molecule has 0 unspecified atom stereocenters. The minimum atomic E-state index is 0.521. The standard InChI is InChI=1S/C13H9BrClN3/c14-10-3-2-9(6-11(10)15)18-13-4-1-8(7-16)5-12(13)17/h1-6,18H,17H2. The summed E-state index contributed by atoms with van der Waals surface area (Å²) in [6.07, 6.45) is 0. The summed E-state index contributed by atoms with van der Waals surface area (Å²) in [5.41, 5.74) is 8.49. The largest absolute Gasteiger partial charge is 0.397 e. The summed E-state index contributed by atoms with van der Waals surface area (Å²) in [6.45, 7) is 0. The number of rotatable bonds is 2. The van der Waals surface area contributed by atoms with Crippen LogP contribution in [-0.2, 0) is 0 Å². The second-order valence-electron chi connectivity index (χ2n) is 3.67. The minimum absolute atomic E-state index is 0.521. The van der Waals surface area contributed by atoms with Gasteiger partial charge in [-0.05, 0) is 52.3 Å². The van der Waals surface area contributed by atoms with Crippen LogP contribution in [0.2, 0.25) is 5.02 Å². The molecule has 90 valence electrons. The number of nitrogens with zero attached hydrogens (tertiary/aromatic N) is 1. The van der Waals surface area contributed by atoms with Crippen LogP contribution in [0.1, 0.15) is 5.56 Å². The molecule has 0 atom stereocenters. The van der Waals surface area contributed by atoms with Gasteiger partial charge in [-0.3, -0.25) is 0 Å². The van der Waals surface area contributed by atoms with Gasteiger partial charge in [0.25, 0.3) is 0 Å². The van der Waals surface area contributed by atoms with Crippen molar-refractivity contribution in [3.8, 4) is 6.07 Å². The SMILES string of the molecule is N#Cc1ccc(Nc2ccc(Br)c(Cl)c2)c(N)c1. The lowest BCUT2D eigenvalue weighted by Crippen LogP contribution is -1.96. The van der Waals surface area contributed by atoms with Crippen LogP contribution in [-0.4, -0.2) is 0 Å². The van der Waals surface area contributed by atoms with Crippen LogP contribution in [0.25, 0.3) is 0 Å². The molecule has 0 bridgehead atoms. The normalized spacial score (nSPS) is 9.83. The Morgan fingerprint density at radius 3 is 2.61 bits per heavy atom. The van der Waals surface area contributed by atoms with Gasteiger partial charge in [0.05, 0.1) is 28.0 Å². The van der Waals surface area contributed by atoms with E-state index in [1.54, 1.807) is 24.3 Å². The zero-order valence-corrected chi connectivity index (χ0v) is 11.6. The van der Waals surface area contributed by atoms with Crippen LogP contribution in [0, 0.1) is 11.3 Å². The summed E-state index contributed by atoms with van der Waals surface area (Å²) < 4.78 is 0.836. The van der Waals surface area contributed by atoms with Crippen molar-refractivity contribution in [1.29, 1.82) is 5.26 Å². The van der Waals surface area contributed by atoms with E-state index < -0.39 is 0 Å². The van der Waals surface area contributed by atoms with E-state index in [4.69, 9.17) is 22.6 Å². The van der Waals surface area contributed by atoms with E-state index in [2.05, 4.69) is 21.2 Å². The lowest BCUT2D eigenvalue weighted by molar-refractivity contribution is 1.47. The Hall–Kier alpha value is -1.70. The maximum absolute atomic E-state index is 8.76. The molecule has 3 nitrogen and oxygen atoms in total. The highest BCUT2D eigenvalue weighted by atomic mass is 79.9. The first-order chi connectivity index (χ1) is 8.60. The molecule has 5 heteroatoms. The van der Waals surface area contributed by atoms with Gasteiger partial charge in [-0.1, -0.05) is 11.6 Å². The molecule has 3 N–H and O–H groups in total. The Bertz CT molecular complexity index is 635. The predicted molar refractivity (Wildman–Crippen MR) is 78.0 cm³/mol. The van der Waals surface area contributed by atoms with Crippen molar-refractivity contribution >= 4 is 44.6 Å². The molecule has 0 spiro atoms. The van der Waals surface area contributed by atoms with Gasteiger partial charge < -0.3 is 11.1 Å². The fourth-order valence-corrected chi connectivity index (χ4v) is 1.90. The lowest BCUT2D eigenvalue weighted by Gasteiger charge is -2.10. The van der Waals surface area contributed by atoms with Gasteiger partial charge in [-0.2, -0.15) is 5.26 Å². The zero-order chi connectivity index (χ0) is 13.1. The molecule has 0 aliphatic rings. The van der Waals surface area contributed by atoms with Gasteiger partial charge >= 0.3 is 0 Å². The first-order valence-corrected chi connectivity index (χ1v) is 6.29. The first-order valence-electron chi connectivity index (χ1n) is 5.12. The average molecular weight is 323 g/mol. The number of anilines is 3. The Morgan fingerprint density at radius 1 is 1.22 bits per heavy atom. The number of halogens is 2. The summed E-state index contributed by atoms with van der Waals surface area (Å²) in [4.78, 5) is 0. The maximum Gasteiger partial charge on any atom is 0.0992 e. The maximum atomic E-state index is 8.76. The Morgan fingerprint density at radius 2 is 2.00 bits per heavy atom. The van der Waals surface area contributed by atoms with Gasteiger partial charge in [-0.25, -0.2) is 0 Å². The van der Waals surface area contributed by atoms with Gasteiger partial charge in [0, 0.05) is 10.2 Å². The number of nitrogen functional groups attached to an aromatic ring is 1. The molecule has 0 fully saturated rings. The van der Waals surface area contributed by atoms with E-state index in [1.807, 2.05) is 18.2 Å². The van der Waals surface area contributed by atoms with Crippen LogP contribution in [0.3, 0.4) is 0 Å². The van der Waals surface area contributed by atoms with Crippen LogP contribution in [0.15, 0.2) is 40.9 Å². The molecule has 2 aromatic carbocycles. The number of benzene rings is 2. The van der Waals surface area contributed by atoms with E-state index in [9.17, 15) is 0 Å². The molecule has 0 radical (unpaired) electrons. The van der Waals surface area contributed by atoms with Gasteiger partial charge in [0.2, 0.25) is 0 Å². The van der Waals surface area contributed by atoms with Gasteiger partial charge in [-0.15, -0.1) is 0 Å². The summed E-state index contributed by atoms with van der Waals surface area (Å²) in [7, 11) is 0. The molecule has 0 aliphatic carbocycles. The fourth-order valence-electron chi connectivity index (χ4n) is 1.48. The molecule has 0 aliphatic heterocycles. The molecule has 0 heterocycles. The summed E-state index contributed by atoms with van der Waals surface area (Å²) in [5.74, 6) is 0. The quantitative estimate of drug-likeness (QED) is 0.810. The van der Waals surface area contributed by atoms with Crippen molar-refractivity contribution in [3.63, 3.8) is 0 Å². The van der Waals surface area contributed by atoms with Crippen molar-refractivity contribution in [2.24, 2.45) is 0 Å². The monoisotopic (exact) mass is 321 g/mol. The second kappa shape index (κ2) is 5.30. The highest BCUT2D eigenvalue weighted by Crippen LogP contribution is 2.29.